The average Bonchev–Trinajstić information content (AvgIpc) is 2.12. The predicted molar refractivity (Wildman–Crippen MR) is 58.6 cm³/mol. The first-order valence-corrected chi connectivity index (χ1v) is 5.41. The molecule has 0 rings (SSSR count). The van der Waals surface area contributed by atoms with Crippen molar-refractivity contribution in [3.8, 4) is 0 Å². The highest BCUT2D eigenvalue weighted by molar-refractivity contribution is 5.84. The van der Waals surface area contributed by atoms with Gasteiger partial charge in [-0.3, -0.25) is 4.79 Å². The van der Waals surface area contributed by atoms with Gasteiger partial charge in [0.05, 0.1) is 0 Å². The summed E-state index contributed by atoms with van der Waals surface area (Å²) in [4.78, 5) is 12.7. The van der Waals surface area contributed by atoms with Crippen LogP contribution in [-0.2, 0) is 9.53 Å². The van der Waals surface area contributed by atoms with Crippen LogP contribution in [0.4, 0.5) is 13.2 Å². The van der Waals surface area contributed by atoms with Crippen molar-refractivity contribution in [2.45, 2.75) is 39.5 Å². The quantitative estimate of drug-likeness (QED) is 0.755. The fraction of sp³-hybridized carbons (Fsp3) is 0.909. The molecule has 0 aliphatic rings. The number of amides is 1. The van der Waals surface area contributed by atoms with Crippen LogP contribution in [-0.4, -0.2) is 42.8 Å². The molecule has 0 radical (unpaired) electrons. The van der Waals surface area contributed by atoms with Gasteiger partial charge in [-0.2, -0.15) is 13.2 Å². The first-order valence-electron chi connectivity index (χ1n) is 5.41. The van der Waals surface area contributed by atoms with E-state index in [9.17, 15) is 18.0 Å². The lowest BCUT2D eigenvalue weighted by atomic mass is 10.1. The van der Waals surface area contributed by atoms with Crippen LogP contribution in [0.2, 0.25) is 0 Å². The van der Waals surface area contributed by atoms with Crippen LogP contribution in [0.1, 0.15) is 27.7 Å². The van der Waals surface area contributed by atoms with E-state index in [0.717, 1.165) is 4.90 Å². The minimum absolute atomic E-state index is 0.0334. The van der Waals surface area contributed by atoms with Gasteiger partial charge in [0.2, 0.25) is 0 Å². The summed E-state index contributed by atoms with van der Waals surface area (Å²) in [6, 6.07) is 0. The summed E-state index contributed by atoms with van der Waals surface area (Å²) in [7, 11) is 1.30. The molecule has 0 bridgehead atoms. The second-order valence-corrected chi connectivity index (χ2v) is 4.91. The summed E-state index contributed by atoms with van der Waals surface area (Å²) in [5.74, 6) is -0.681. The van der Waals surface area contributed by atoms with Crippen molar-refractivity contribution in [2.75, 3.05) is 20.2 Å². The Hall–Kier alpha value is -0.780. The van der Waals surface area contributed by atoms with E-state index in [2.05, 4.69) is 0 Å². The molecule has 0 unspecified atom stereocenters. The van der Waals surface area contributed by atoms with Gasteiger partial charge in [-0.25, -0.2) is 0 Å². The second-order valence-electron chi connectivity index (χ2n) is 4.91. The van der Waals surface area contributed by atoms with Gasteiger partial charge in [0.1, 0.15) is 12.1 Å². The molecular formula is C11H20F3NO2. The third-order valence-electron chi connectivity index (χ3n) is 2.27. The fourth-order valence-corrected chi connectivity index (χ4v) is 1.34. The Morgan fingerprint density at radius 1 is 1.29 bits per heavy atom. The number of carbonyl (C=O) groups excluding carboxylic acids is 1. The Balaban J connectivity index is 4.86. The molecule has 1 amide bonds. The molecule has 102 valence electrons. The number of halogens is 3. The molecular weight excluding hydrogens is 235 g/mol. The van der Waals surface area contributed by atoms with Crippen molar-refractivity contribution in [3.05, 3.63) is 0 Å². The minimum atomic E-state index is -4.39. The van der Waals surface area contributed by atoms with Gasteiger partial charge in [0.15, 0.2) is 0 Å². The van der Waals surface area contributed by atoms with E-state index in [1.807, 2.05) is 0 Å². The summed E-state index contributed by atoms with van der Waals surface area (Å²) >= 11 is 0. The number of carbonyl (C=O) groups is 1. The maximum Gasteiger partial charge on any atom is 0.406 e. The first kappa shape index (κ1) is 16.2. The molecule has 0 spiro atoms. The fourth-order valence-electron chi connectivity index (χ4n) is 1.34. The molecule has 6 heteroatoms. The Morgan fingerprint density at radius 2 is 1.76 bits per heavy atom. The minimum Gasteiger partial charge on any atom is -0.369 e. The van der Waals surface area contributed by atoms with E-state index in [1.165, 1.54) is 21.0 Å². The highest BCUT2D eigenvalue weighted by atomic mass is 19.4. The predicted octanol–water partition coefficient (Wildman–Crippen LogP) is 2.46. The molecule has 0 aliphatic carbocycles. The zero-order valence-electron chi connectivity index (χ0n) is 10.9. The Bertz CT molecular complexity index is 262. The van der Waals surface area contributed by atoms with E-state index in [1.54, 1.807) is 13.8 Å². The van der Waals surface area contributed by atoms with Gasteiger partial charge in [0, 0.05) is 13.7 Å². The number of hydrogen-bond donors (Lipinski definition) is 0. The van der Waals surface area contributed by atoms with E-state index < -0.39 is 24.2 Å². The maximum atomic E-state index is 12.4. The summed E-state index contributed by atoms with van der Waals surface area (Å²) in [6.45, 7) is 5.26. The Labute approximate surface area is 99.9 Å². The van der Waals surface area contributed by atoms with Crippen molar-refractivity contribution in [1.29, 1.82) is 0 Å². The number of rotatable bonds is 5. The van der Waals surface area contributed by atoms with Crippen LogP contribution in [0.3, 0.4) is 0 Å². The summed E-state index contributed by atoms with van der Waals surface area (Å²) in [6.07, 6.45) is -4.39. The summed E-state index contributed by atoms with van der Waals surface area (Å²) in [5.41, 5.74) is -1.24. The van der Waals surface area contributed by atoms with Crippen molar-refractivity contribution < 1.29 is 22.7 Å². The Kier molecular flexibility index (Phi) is 5.45. The van der Waals surface area contributed by atoms with E-state index in [-0.39, 0.29) is 12.5 Å². The molecule has 0 heterocycles. The lowest BCUT2D eigenvalue weighted by Crippen LogP contribution is -2.50. The average molecular weight is 255 g/mol. The maximum absolute atomic E-state index is 12.4. The lowest BCUT2D eigenvalue weighted by molar-refractivity contribution is -0.174. The van der Waals surface area contributed by atoms with Crippen LogP contribution >= 0.6 is 0 Å². The van der Waals surface area contributed by atoms with Gasteiger partial charge in [-0.1, -0.05) is 13.8 Å². The smallest absolute Gasteiger partial charge is 0.369 e. The number of hydrogen-bond acceptors (Lipinski definition) is 2. The number of ether oxygens (including phenoxy) is 1. The van der Waals surface area contributed by atoms with Gasteiger partial charge < -0.3 is 9.64 Å². The molecule has 0 aromatic rings. The molecule has 0 atom stereocenters. The van der Waals surface area contributed by atoms with E-state index in [0.29, 0.717) is 0 Å². The van der Waals surface area contributed by atoms with Crippen molar-refractivity contribution in [2.24, 2.45) is 5.92 Å². The molecule has 0 saturated heterocycles. The van der Waals surface area contributed by atoms with Gasteiger partial charge in [-0.15, -0.1) is 0 Å². The zero-order valence-corrected chi connectivity index (χ0v) is 10.9. The normalized spacial score (nSPS) is 13.0. The van der Waals surface area contributed by atoms with Crippen LogP contribution in [0.5, 0.6) is 0 Å². The highest BCUT2D eigenvalue weighted by Crippen LogP contribution is 2.21. The van der Waals surface area contributed by atoms with Gasteiger partial charge in [0.25, 0.3) is 5.91 Å². The van der Waals surface area contributed by atoms with Gasteiger partial charge >= 0.3 is 6.18 Å². The van der Waals surface area contributed by atoms with Crippen molar-refractivity contribution in [3.63, 3.8) is 0 Å². The molecule has 0 fully saturated rings. The second kappa shape index (κ2) is 5.71. The Morgan fingerprint density at radius 3 is 2.06 bits per heavy atom. The molecule has 0 N–H and O–H groups in total. The topological polar surface area (TPSA) is 29.5 Å². The summed E-state index contributed by atoms with van der Waals surface area (Å²) < 4.78 is 42.0. The monoisotopic (exact) mass is 255 g/mol. The largest absolute Gasteiger partial charge is 0.406 e. The van der Waals surface area contributed by atoms with Crippen LogP contribution in [0, 0.1) is 5.92 Å². The molecule has 0 saturated carbocycles. The van der Waals surface area contributed by atoms with Crippen LogP contribution < -0.4 is 0 Å². The van der Waals surface area contributed by atoms with Crippen molar-refractivity contribution >= 4 is 5.91 Å². The SMILES string of the molecule is COC(C)(C)C(=O)N(CC(C)C)CC(F)(F)F. The lowest BCUT2D eigenvalue weighted by Gasteiger charge is -2.32. The number of methoxy groups -OCH3 is 1. The number of alkyl halides is 3. The molecule has 0 aromatic heterocycles. The van der Waals surface area contributed by atoms with Crippen LogP contribution in [0.25, 0.3) is 0 Å². The molecule has 0 aliphatic heterocycles. The summed E-state index contributed by atoms with van der Waals surface area (Å²) in [5, 5.41) is 0. The highest BCUT2D eigenvalue weighted by Gasteiger charge is 2.38. The standard InChI is InChI=1S/C11H20F3NO2/c1-8(2)6-15(7-11(12,13)14)9(16)10(3,4)17-5/h8H,6-7H2,1-5H3. The van der Waals surface area contributed by atoms with E-state index >= 15 is 0 Å². The number of nitrogens with zero attached hydrogens (tertiary/aromatic N) is 1. The molecule has 0 aromatic carbocycles. The molecule has 17 heavy (non-hydrogen) atoms. The van der Waals surface area contributed by atoms with Crippen molar-refractivity contribution in [1.82, 2.24) is 4.90 Å². The van der Waals surface area contributed by atoms with Crippen LogP contribution in [0.15, 0.2) is 0 Å². The molecule has 3 nitrogen and oxygen atoms in total. The zero-order chi connectivity index (χ0) is 13.9. The third-order valence-corrected chi connectivity index (χ3v) is 2.27. The van der Waals surface area contributed by atoms with E-state index in [4.69, 9.17) is 4.74 Å². The third kappa shape index (κ3) is 5.91. The first-order chi connectivity index (χ1) is 7.49. The van der Waals surface area contributed by atoms with Gasteiger partial charge in [-0.05, 0) is 19.8 Å².